The quantitative estimate of drug-likeness (QED) is 0.777. The van der Waals surface area contributed by atoms with Crippen LogP contribution in [0.3, 0.4) is 0 Å². The molecule has 0 fully saturated rings. The van der Waals surface area contributed by atoms with E-state index in [9.17, 15) is 4.79 Å². The molecule has 1 aromatic heterocycles. The van der Waals surface area contributed by atoms with Crippen molar-refractivity contribution >= 4 is 17.4 Å². The summed E-state index contributed by atoms with van der Waals surface area (Å²) in [6.07, 6.45) is 2.31. The van der Waals surface area contributed by atoms with Crippen molar-refractivity contribution in [2.75, 3.05) is 18.5 Å². The number of carbonyl (C=O) groups is 1. The van der Waals surface area contributed by atoms with Crippen LogP contribution in [0.1, 0.15) is 37.7 Å². The first-order chi connectivity index (χ1) is 11.6. The van der Waals surface area contributed by atoms with Crippen molar-refractivity contribution in [3.63, 3.8) is 0 Å². The molecule has 2 N–H and O–H groups in total. The van der Waals surface area contributed by atoms with E-state index >= 15 is 0 Å². The number of hydrogen-bond donors (Lipinski definition) is 2. The lowest BCUT2D eigenvalue weighted by Crippen LogP contribution is -2.26. The SMILES string of the molecule is CCOc1ccccc1Nc1cc(C(=O)NCCC(C)C)ncn1. The minimum atomic E-state index is -0.195. The molecular weight excluding hydrogens is 304 g/mol. The monoisotopic (exact) mass is 328 g/mol. The third-order valence-electron chi connectivity index (χ3n) is 3.36. The molecular formula is C18H24N4O2. The first kappa shape index (κ1) is 17.7. The van der Waals surface area contributed by atoms with Gasteiger partial charge in [0.05, 0.1) is 12.3 Å². The van der Waals surface area contributed by atoms with Gasteiger partial charge in [-0.05, 0) is 31.4 Å². The number of carbonyl (C=O) groups excluding carboxylic acids is 1. The lowest BCUT2D eigenvalue weighted by Gasteiger charge is -2.12. The Hall–Kier alpha value is -2.63. The molecule has 0 aliphatic carbocycles. The van der Waals surface area contributed by atoms with Gasteiger partial charge in [-0.15, -0.1) is 0 Å². The zero-order valence-corrected chi connectivity index (χ0v) is 14.4. The summed E-state index contributed by atoms with van der Waals surface area (Å²) in [5.74, 6) is 1.63. The number of nitrogens with one attached hydrogen (secondary N) is 2. The Morgan fingerprint density at radius 1 is 1.25 bits per heavy atom. The highest BCUT2D eigenvalue weighted by atomic mass is 16.5. The van der Waals surface area contributed by atoms with Crippen molar-refractivity contribution in [3.05, 3.63) is 42.4 Å². The minimum absolute atomic E-state index is 0.195. The Balaban J connectivity index is 2.06. The second-order valence-corrected chi connectivity index (χ2v) is 5.78. The molecule has 1 aromatic carbocycles. The van der Waals surface area contributed by atoms with Gasteiger partial charge in [0.25, 0.3) is 5.91 Å². The van der Waals surface area contributed by atoms with Gasteiger partial charge in [0.15, 0.2) is 0 Å². The number of benzene rings is 1. The predicted molar refractivity (Wildman–Crippen MR) is 94.7 cm³/mol. The van der Waals surface area contributed by atoms with E-state index in [1.54, 1.807) is 6.07 Å². The van der Waals surface area contributed by atoms with Crippen LogP contribution in [0, 0.1) is 5.92 Å². The fourth-order valence-corrected chi connectivity index (χ4v) is 2.10. The smallest absolute Gasteiger partial charge is 0.270 e. The zero-order valence-electron chi connectivity index (χ0n) is 14.4. The predicted octanol–water partition coefficient (Wildman–Crippen LogP) is 3.39. The van der Waals surface area contributed by atoms with Crippen molar-refractivity contribution in [2.45, 2.75) is 27.2 Å². The molecule has 128 valence electrons. The maximum atomic E-state index is 12.1. The molecule has 0 aliphatic rings. The second kappa shape index (κ2) is 8.86. The maximum absolute atomic E-state index is 12.1. The lowest BCUT2D eigenvalue weighted by atomic mass is 10.1. The van der Waals surface area contributed by atoms with Crippen LogP contribution in [0.15, 0.2) is 36.7 Å². The van der Waals surface area contributed by atoms with E-state index in [0.29, 0.717) is 30.6 Å². The molecule has 0 saturated carbocycles. The summed E-state index contributed by atoms with van der Waals surface area (Å²) in [4.78, 5) is 20.4. The molecule has 24 heavy (non-hydrogen) atoms. The van der Waals surface area contributed by atoms with E-state index in [2.05, 4.69) is 34.4 Å². The van der Waals surface area contributed by atoms with Crippen LogP contribution in [-0.4, -0.2) is 29.0 Å². The Morgan fingerprint density at radius 3 is 2.79 bits per heavy atom. The van der Waals surface area contributed by atoms with Gasteiger partial charge in [-0.3, -0.25) is 4.79 Å². The van der Waals surface area contributed by atoms with E-state index < -0.39 is 0 Å². The molecule has 1 heterocycles. The second-order valence-electron chi connectivity index (χ2n) is 5.78. The Morgan fingerprint density at radius 2 is 2.04 bits per heavy atom. The molecule has 0 saturated heterocycles. The summed E-state index contributed by atoms with van der Waals surface area (Å²) in [6, 6.07) is 9.23. The zero-order chi connectivity index (χ0) is 17.4. The van der Waals surface area contributed by atoms with Gasteiger partial charge in [-0.25, -0.2) is 9.97 Å². The van der Waals surface area contributed by atoms with Crippen molar-refractivity contribution in [1.82, 2.24) is 15.3 Å². The van der Waals surface area contributed by atoms with E-state index in [1.165, 1.54) is 6.33 Å². The number of ether oxygens (including phenoxy) is 1. The number of rotatable bonds is 8. The molecule has 0 unspecified atom stereocenters. The van der Waals surface area contributed by atoms with Gasteiger partial charge in [0, 0.05) is 12.6 Å². The Labute approximate surface area is 142 Å². The standard InChI is InChI=1S/C18H24N4O2/c1-4-24-16-8-6-5-7-14(16)22-17-11-15(20-12-21-17)18(23)19-10-9-13(2)3/h5-8,11-13H,4,9-10H2,1-3H3,(H,19,23)(H,20,21,22). The number of aromatic nitrogens is 2. The fraction of sp³-hybridized carbons (Fsp3) is 0.389. The molecule has 1 amide bonds. The van der Waals surface area contributed by atoms with Crippen LogP contribution >= 0.6 is 0 Å². The van der Waals surface area contributed by atoms with Crippen LogP contribution in [0.5, 0.6) is 5.75 Å². The average Bonchev–Trinajstić information content (AvgIpc) is 2.57. The summed E-state index contributed by atoms with van der Waals surface area (Å²) in [5.41, 5.74) is 1.13. The van der Waals surface area contributed by atoms with E-state index in [-0.39, 0.29) is 5.91 Å². The average molecular weight is 328 g/mol. The van der Waals surface area contributed by atoms with Crippen LogP contribution in [0.25, 0.3) is 0 Å². The first-order valence-corrected chi connectivity index (χ1v) is 8.19. The highest BCUT2D eigenvalue weighted by Gasteiger charge is 2.10. The highest BCUT2D eigenvalue weighted by molar-refractivity contribution is 5.93. The third-order valence-corrected chi connectivity index (χ3v) is 3.36. The molecule has 0 spiro atoms. The van der Waals surface area contributed by atoms with Crippen LogP contribution < -0.4 is 15.4 Å². The normalized spacial score (nSPS) is 10.5. The Bertz CT molecular complexity index is 674. The minimum Gasteiger partial charge on any atom is -0.492 e. The van der Waals surface area contributed by atoms with Gasteiger partial charge < -0.3 is 15.4 Å². The maximum Gasteiger partial charge on any atom is 0.270 e. The van der Waals surface area contributed by atoms with Gasteiger partial charge in [0.2, 0.25) is 0 Å². The molecule has 0 bridgehead atoms. The van der Waals surface area contributed by atoms with Crippen LogP contribution in [-0.2, 0) is 0 Å². The number of anilines is 2. The molecule has 2 rings (SSSR count). The first-order valence-electron chi connectivity index (χ1n) is 8.19. The third kappa shape index (κ3) is 5.22. The molecule has 6 heteroatoms. The van der Waals surface area contributed by atoms with Gasteiger partial charge in [-0.2, -0.15) is 0 Å². The van der Waals surface area contributed by atoms with E-state index in [0.717, 1.165) is 17.9 Å². The summed E-state index contributed by atoms with van der Waals surface area (Å²) < 4.78 is 5.58. The van der Waals surface area contributed by atoms with Crippen molar-refractivity contribution in [3.8, 4) is 5.75 Å². The van der Waals surface area contributed by atoms with Crippen LogP contribution in [0.4, 0.5) is 11.5 Å². The molecule has 6 nitrogen and oxygen atoms in total. The van der Waals surface area contributed by atoms with E-state index in [1.807, 2.05) is 31.2 Å². The topological polar surface area (TPSA) is 76.1 Å². The number of para-hydroxylation sites is 2. The molecule has 0 aliphatic heterocycles. The Kier molecular flexibility index (Phi) is 6.54. The van der Waals surface area contributed by atoms with Gasteiger partial charge in [-0.1, -0.05) is 26.0 Å². The lowest BCUT2D eigenvalue weighted by molar-refractivity contribution is 0.0947. The van der Waals surface area contributed by atoms with Gasteiger partial charge >= 0.3 is 0 Å². The summed E-state index contributed by atoms with van der Waals surface area (Å²) >= 11 is 0. The molecule has 0 radical (unpaired) electrons. The number of hydrogen-bond acceptors (Lipinski definition) is 5. The largest absolute Gasteiger partial charge is 0.492 e. The van der Waals surface area contributed by atoms with E-state index in [4.69, 9.17) is 4.74 Å². The summed E-state index contributed by atoms with van der Waals surface area (Å²) in [6.45, 7) is 7.38. The van der Waals surface area contributed by atoms with Crippen LogP contribution in [0.2, 0.25) is 0 Å². The van der Waals surface area contributed by atoms with Crippen molar-refractivity contribution in [2.24, 2.45) is 5.92 Å². The molecule has 0 atom stereocenters. The fourth-order valence-electron chi connectivity index (χ4n) is 2.10. The van der Waals surface area contributed by atoms with Gasteiger partial charge in [0.1, 0.15) is 23.6 Å². The number of amides is 1. The van der Waals surface area contributed by atoms with Crippen molar-refractivity contribution < 1.29 is 9.53 Å². The highest BCUT2D eigenvalue weighted by Crippen LogP contribution is 2.26. The summed E-state index contributed by atoms with van der Waals surface area (Å²) in [5, 5.41) is 6.04. The molecule has 2 aromatic rings. The summed E-state index contributed by atoms with van der Waals surface area (Å²) in [7, 11) is 0. The van der Waals surface area contributed by atoms with Crippen molar-refractivity contribution in [1.29, 1.82) is 0 Å². The number of nitrogens with zero attached hydrogens (tertiary/aromatic N) is 2.